The highest BCUT2D eigenvalue weighted by atomic mass is 14.9. The smallest absolute Gasteiger partial charge is 0.00952 e. The third-order valence-corrected chi connectivity index (χ3v) is 5.53. The molecule has 2 atom stereocenters. The molecule has 18 heavy (non-hydrogen) atoms. The van der Waals surface area contributed by atoms with E-state index in [-0.39, 0.29) is 0 Å². The van der Waals surface area contributed by atoms with Crippen LogP contribution in [0.5, 0.6) is 0 Å². The van der Waals surface area contributed by atoms with Crippen LogP contribution in [0.15, 0.2) is 0 Å². The molecule has 2 aliphatic carbocycles. The zero-order chi connectivity index (χ0) is 12.8. The molecule has 0 aromatic heterocycles. The predicted molar refractivity (Wildman–Crippen MR) is 79.8 cm³/mol. The van der Waals surface area contributed by atoms with Gasteiger partial charge in [0.2, 0.25) is 0 Å². The summed E-state index contributed by atoms with van der Waals surface area (Å²) in [6.07, 6.45) is 14.6. The highest BCUT2D eigenvalue weighted by Gasteiger charge is 2.23. The normalized spacial score (nSPS) is 37.7. The minimum Gasteiger partial charge on any atom is -0.314 e. The Morgan fingerprint density at radius 1 is 0.944 bits per heavy atom. The van der Waals surface area contributed by atoms with Crippen molar-refractivity contribution in [2.75, 3.05) is 6.54 Å². The summed E-state index contributed by atoms with van der Waals surface area (Å²) < 4.78 is 0. The van der Waals surface area contributed by atoms with Gasteiger partial charge in [0.25, 0.3) is 0 Å². The minimum absolute atomic E-state index is 0.839. The fraction of sp³-hybridized carbons (Fsp3) is 1.00. The second-order valence-electron chi connectivity index (χ2n) is 6.93. The monoisotopic (exact) mass is 251 g/mol. The van der Waals surface area contributed by atoms with Gasteiger partial charge < -0.3 is 5.32 Å². The Balaban J connectivity index is 1.62. The molecule has 0 aromatic rings. The van der Waals surface area contributed by atoms with Gasteiger partial charge in [0.1, 0.15) is 0 Å². The van der Waals surface area contributed by atoms with Crippen molar-refractivity contribution < 1.29 is 0 Å². The van der Waals surface area contributed by atoms with Crippen molar-refractivity contribution in [3.63, 3.8) is 0 Å². The van der Waals surface area contributed by atoms with Crippen LogP contribution >= 0.6 is 0 Å². The number of hydrogen-bond acceptors (Lipinski definition) is 1. The largest absolute Gasteiger partial charge is 0.314 e. The van der Waals surface area contributed by atoms with Gasteiger partial charge in [-0.25, -0.2) is 0 Å². The van der Waals surface area contributed by atoms with Crippen LogP contribution in [0.2, 0.25) is 0 Å². The summed E-state index contributed by atoms with van der Waals surface area (Å²) in [7, 11) is 0. The van der Waals surface area contributed by atoms with Gasteiger partial charge in [0, 0.05) is 6.04 Å². The highest BCUT2D eigenvalue weighted by molar-refractivity contribution is 4.80. The first-order valence-electron chi connectivity index (χ1n) is 8.53. The maximum atomic E-state index is 3.88. The third kappa shape index (κ3) is 4.26. The summed E-state index contributed by atoms with van der Waals surface area (Å²) in [5.74, 6) is 2.99. The molecular formula is C17H33N. The van der Waals surface area contributed by atoms with Crippen LogP contribution in [-0.4, -0.2) is 12.6 Å². The average Bonchev–Trinajstić information content (AvgIpc) is 2.41. The molecular weight excluding hydrogens is 218 g/mol. The first-order chi connectivity index (χ1) is 8.79. The molecule has 1 heteroatoms. The summed E-state index contributed by atoms with van der Waals surface area (Å²) in [5, 5.41) is 3.88. The molecule has 1 nitrogen and oxygen atoms in total. The van der Waals surface area contributed by atoms with Gasteiger partial charge in [-0.15, -0.1) is 0 Å². The molecule has 0 heterocycles. The van der Waals surface area contributed by atoms with Crippen molar-refractivity contribution in [1.82, 2.24) is 5.32 Å². The number of nitrogens with one attached hydrogen (secondary N) is 1. The average molecular weight is 251 g/mol. The Labute approximate surface area is 114 Å². The zero-order valence-electron chi connectivity index (χ0n) is 12.6. The Morgan fingerprint density at radius 2 is 1.67 bits per heavy atom. The van der Waals surface area contributed by atoms with Gasteiger partial charge >= 0.3 is 0 Å². The molecule has 0 saturated heterocycles. The summed E-state index contributed by atoms with van der Waals surface area (Å²) >= 11 is 0. The topological polar surface area (TPSA) is 12.0 Å². The number of hydrogen-bond donors (Lipinski definition) is 1. The van der Waals surface area contributed by atoms with E-state index in [0.717, 1.165) is 23.8 Å². The summed E-state index contributed by atoms with van der Waals surface area (Å²) in [6.45, 7) is 6.07. The molecule has 0 aromatic carbocycles. The van der Waals surface area contributed by atoms with E-state index in [1.54, 1.807) is 0 Å². The second-order valence-corrected chi connectivity index (χ2v) is 6.93. The molecule has 0 aliphatic heterocycles. The van der Waals surface area contributed by atoms with E-state index in [1.807, 2.05) is 0 Å². The molecule has 2 saturated carbocycles. The lowest BCUT2D eigenvalue weighted by Gasteiger charge is -2.33. The van der Waals surface area contributed by atoms with Crippen molar-refractivity contribution >= 4 is 0 Å². The minimum atomic E-state index is 0.839. The van der Waals surface area contributed by atoms with Crippen molar-refractivity contribution in [1.29, 1.82) is 0 Å². The van der Waals surface area contributed by atoms with E-state index < -0.39 is 0 Å². The molecule has 2 fully saturated rings. The van der Waals surface area contributed by atoms with Crippen LogP contribution in [0.3, 0.4) is 0 Å². The van der Waals surface area contributed by atoms with E-state index in [9.17, 15) is 0 Å². The van der Waals surface area contributed by atoms with Crippen LogP contribution < -0.4 is 5.32 Å². The van der Waals surface area contributed by atoms with Crippen molar-refractivity contribution in [2.45, 2.75) is 84.1 Å². The van der Waals surface area contributed by atoms with Gasteiger partial charge in [-0.2, -0.15) is 0 Å². The number of rotatable bonds is 5. The van der Waals surface area contributed by atoms with E-state index in [0.29, 0.717) is 0 Å². The van der Waals surface area contributed by atoms with Crippen molar-refractivity contribution in [3.8, 4) is 0 Å². The molecule has 2 rings (SSSR count). The van der Waals surface area contributed by atoms with Crippen LogP contribution in [0.25, 0.3) is 0 Å². The zero-order valence-corrected chi connectivity index (χ0v) is 12.6. The third-order valence-electron chi connectivity index (χ3n) is 5.53. The maximum Gasteiger partial charge on any atom is 0.00952 e. The van der Waals surface area contributed by atoms with Gasteiger partial charge in [-0.1, -0.05) is 58.8 Å². The van der Waals surface area contributed by atoms with Crippen molar-refractivity contribution in [2.24, 2.45) is 17.8 Å². The van der Waals surface area contributed by atoms with Crippen LogP contribution in [0.4, 0.5) is 0 Å². The standard InChI is InChI=1S/C17H33N/c1-3-16-6-4-5-7-17(16)18-13-12-15-10-8-14(2)9-11-15/h14-18H,3-13H2,1-2H3. The summed E-state index contributed by atoms with van der Waals surface area (Å²) in [4.78, 5) is 0. The van der Waals surface area contributed by atoms with Crippen LogP contribution in [0, 0.1) is 17.8 Å². The van der Waals surface area contributed by atoms with Crippen LogP contribution in [0.1, 0.15) is 78.1 Å². The van der Waals surface area contributed by atoms with Crippen molar-refractivity contribution in [3.05, 3.63) is 0 Å². The lowest BCUT2D eigenvalue weighted by atomic mass is 9.80. The van der Waals surface area contributed by atoms with Crippen LogP contribution in [-0.2, 0) is 0 Å². The van der Waals surface area contributed by atoms with Gasteiger partial charge in [0.15, 0.2) is 0 Å². The molecule has 2 aliphatic rings. The molecule has 1 N–H and O–H groups in total. The Morgan fingerprint density at radius 3 is 2.39 bits per heavy atom. The molecule has 2 unspecified atom stereocenters. The fourth-order valence-electron chi connectivity index (χ4n) is 4.06. The first-order valence-corrected chi connectivity index (χ1v) is 8.53. The van der Waals surface area contributed by atoms with Gasteiger partial charge in [-0.3, -0.25) is 0 Å². The molecule has 0 spiro atoms. The summed E-state index contributed by atoms with van der Waals surface area (Å²) in [6, 6.07) is 0.839. The van der Waals surface area contributed by atoms with Gasteiger partial charge in [-0.05, 0) is 43.6 Å². The highest BCUT2D eigenvalue weighted by Crippen LogP contribution is 2.30. The van der Waals surface area contributed by atoms with E-state index in [1.165, 1.54) is 70.8 Å². The van der Waals surface area contributed by atoms with E-state index in [2.05, 4.69) is 19.2 Å². The molecule has 106 valence electrons. The van der Waals surface area contributed by atoms with E-state index in [4.69, 9.17) is 0 Å². The molecule has 0 radical (unpaired) electrons. The maximum absolute atomic E-state index is 3.88. The van der Waals surface area contributed by atoms with Gasteiger partial charge in [0.05, 0.1) is 0 Å². The SMILES string of the molecule is CCC1CCCCC1NCCC1CCC(C)CC1. The predicted octanol–water partition coefficient (Wildman–Crippen LogP) is 4.76. The Bertz CT molecular complexity index is 218. The molecule has 0 bridgehead atoms. The van der Waals surface area contributed by atoms with E-state index >= 15 is 0 Å². The Hall–Kier alpha value is -0.0400. The lowest BCUT2D eigenvalue weighted by Crippen LogP contribution is -2.39. The summed E-state index contributed by atoms with van der Waals surface area (Å²) in [5.41, 5.74) is 0. The quantitative estimate of drug-likeness (QED) is 0.743. The first kappa shape index (κ1) is 14.4. The lowest BCUT2D eigenvalue weighted by molar-refractivity contribution is 0.235. The fourth-order valence-corrected chi connectivity index (χ4v) is 4.06. The second kappa shape index (κ2) is 7.53. The molecule has 0 amide bonds. The Kier molecular flexibility index (Phi) is 6.01.